The zero-order chi connectivity index (χ0) is 27.7. The van der Waals surface area contributed by atoms with Crippen LogP contribution in [0.25, 0.3) is 17.3 Å². The van der Waals surface area contributed by atoms with Gasteiger partial charge in [-0.2, -0.15) is 0 Å². The Hall–Kier alpha value is -4.16. The second-order valence-corrected chi connectivity index (χ2v) is 10.1. The van der Waals surface area contributed by atoms with Crippen LogP contribution in [0, 0.1) is 5.92 Å². The molecular weight excluding hydrogens is 512 g/mol. The Morgan fingerprint density at radius 3 is 2.37 bits per heavy atom. The largest absolute Gasteiger partial charge is 0.466 e. The SMILES string of the molecule is COCc1nccnc1N(C(=O)OCC(C)C)S(=O)(=O)c1cccnc1-c1ccc(C=CC(=O)OC)cc1. The fraction of sp³-hybridized carbons (Fsp3) is 0.269. The van der Waals surface area contributed by atoms with Gasteiger partial charge in [0, 0.05) is 37.3 Å². The zero-order valence-electron chi connectivity index (χ0n) is 21.4. The molecule has 0 unspecified atom stereocenters. The summed E-state index contributed by atoms with van der Waals surface area (Å²) in [6.45, 7) is 3.56. The van der Waals surface area contributed by atoms with Crippen molar-refractivity contribution >= 4 is 34.0 Å². The number of aromatic nitrogens is 3. The third-order valence-electron chi connectivity index (χ3n) is 5.02. The molecule has 0 saturated heterocycles. The Kier molecular flexibility index (Phi) is 9.63. The van der Waals surface area contributed by atoms with Gasteiger partial charge in [-0.05, 0) is 29.7 Å². The standard InChI is InChI=1S/C26H28N4O7S/c1-18(2)16-37-26(32)30(25-21(17-35-3)27-14-15-29-25)38(33,34)22-6-5-13-28-24(22)20-10-7-19(8-11-20)9-12-23(31)36-4/h5-15,18H,16-17H2,1-4H3. The monoisotopic (exact) mass is 540 g/mol. The maximum absolute atomic E-state index is 14.1. The molecule has 2 aromatic heterocycles. The van der Waals surface area contributed by atoms with Crippen LogP contribution in [0.15, 0.2) is 66.0 Å². The van der Waals surface area contributed by atoms with E-state index < -0.39 is 22.1 Å². The third kappa shape index (κ3) is 6.78. The Labute approximate surface area is 221 Å². The number of carbonyl (C=O) groups is 2. The van der Waals surface area contributed by atoms with Gasteiger partial charge >= 0.3 is 12.1 Å². The highest BCUT2D eigenvalue weighted by atomic mass is 32.2. The van der Waals surface area contributed by atoms with E-state index in [0.29, 0.717) is 15.4 Å². The molecule has 0 N–H and O–H groups in total. The molecule has 0 atom stereocenters. The Bertz CT molecular complexity index is 1410. The number of carbonyl (C=O) groups excluding carboxylic acids is 2. The topological polar surface area (TPSA) is 138 Å². The number of nitrogens with zero attached hydrogens (tertiary/aromatic N) is 4. The summed E-state index contributed by atoms with van der Waals surface area (Å²) in [6, 6.07) is 9.48. The van der Waals surface area contributed by atoms with E-state index in [2.05, 4.69) is 19.7 Å². The highest BCUT2D eigenvalue weighted by Crippen LogP contribution is 2.31. The van der Waals surface area contributed by atoms with Crippen LogP contribution < -0.4 is 4.31 Å². The smallest absolute Gasteiger partial charge is 0.430 e. The molecule has 0 spiro atoms. The minimum atomic E-state index is -4.59. The predicted molar refractivity (Wildman–Crippen MR) is 139 cm³/mol. The van der Waals surface area contributed by atoms with Crippen molar-refractivity contribution in [3.63, 3.8) is 0 Å². The minimum absolute atomic E-state index is 0.00875. The molecular formula is C26H28N4O7S. The van der Waals surface area contributed by atoms with Gasteiger partial charge in [-0.25, -0.2) is 23.0 Å². The lowest BCUT2D eigenvalue weighted by molar-refractivity contribution is -0.134. The summed E-state index contributed by atoms with van der Waals surface area (Å²) in [6.07, 6.45) is 5.79. The molecule has 200 valence electrons. The summed E-state index contributed by atoms with van der Waals surface area (Å²) >= 11 is 0. The van der Waals surface area contributed by atoms with Crippen LogP contribution in [-0.4, -0.2) is 56.3 Å². The Morgan fingerprint density at radius 2 is 1.71 bits per heavy atom. The van der Waals surface area contributed by atoms with Crippen LogP contribution in [0.2, 0.25) is 0 Å². The molecule has 38 heavy (non-hydrogen) atoms. The first-order chi connectivity index (χ1) is 18.2. The number of rotatable bonds is 10. The summed E-state index contributed by atoms with van der Waals surface area (Å²) < 4.78 is 43.7. The van der Waals surface area contributed by atoms with Gasteiger partial charge in [0.2, 0.25) is 0 Å². The third-order valence-corrected chi connectivity index (χ3v) is 6.71. The van der Waals surface area contributed by atoms with Crippen molar-refractivity contribution in [3.05, 3.63) is 72.3 Å². The molecule has 0 aliphatic carbocycles. The number of sulfonamides is 1. The van der Waals surface area contributed by atoms with Crippen molar-refractivity contribution in [1.82, 2.24) is 15.0 Å². The molecule has 12 heteroatoms. The van der Waals surface area contributed by atoms with Crippen molar-refractivity contribution in [2.75, 3.05) is 25.1 Å². The molecule has 0 bridgehead atoms. The van der Waals surface area contributed by atoms with Crippen LogP contribution in [-0.2, 0) is 35.6 Å². The molecule has 11 nitrogen and oxygen atoms in total. The number of benzene rings is 1. The van der Waals surface area contributed by atoms with Gasteiger partial charge in [-0.15, -0.1) is 4.31 Å². The lowest BCUT2D eigenvalue weighted by Crippen LogP contribution is -2.39. The van der Waals surface area contributed by atoms with Crippen LogP contribution >= 0.6 is 0 Å². The molecule has 1 amide bonds. The number of pyridine rings is 1. The quantitative estimate of drug-likeness (QED) is 0.275. The number of ether oxygens (including phenoxy) is 3. The summed E-state index contributed by atoms with van der Waals surface area (Å²) in [5, 5.41) is 0. The summed E-state index contributed by atoms with van der Waals surface area (Å²) in [5.74, 6) is -0.779. The zero-order valence-corrected chi connectivity index (χ0v) is 22.2. The Balaban J connectivity index is 2.11. The number of methoxy groups -OCH3 is 2. The van der Waals surface area contributed by atoms with Gasteiger partial charge in [0.15, 0.2) is 5.82 Å². The summed E-state index contributed by atoms with van der Waals surface area (Å²) in [4.78, 5) is 36.9. The number of anilines is 1. The molecule has 3 aromatic rings. The van der Waals surface area contributed by atoms with E-state index in [1.807, 2.05) is 13.8 Å². The normalized spacial score (nSPS) is 11.5. The molecule has 1 aromatic carbocycles. The maximum atomic E-state index is 14.1. The first-order valence-electron chi connectivity index (χ1n) is 11.5. The van der Waals surface area contributed by atoms with Crippen molar-refractivity contribution < 1.29 is 32.2 Å². The van der Waals surface area contributed by atoms with Crippen LogP contribution in [0.3, 0.4) is 0 Å². The molecule has 2 heterocycles. The van der Waals surface area contributed by atoms with Crippen molar-refractivity contribution in [3.8, 4) is 11.3 Å². The van der Waals surface area contributed by atoms with E-state index in [9.17, 15) is 18.0 Å². The lowest BCUT2D eigenvalue weighted by Gasteiger charge is -2.23. The van der Waals surface area contributed by atoms with Gasteiger partial charge < -0.3 is 14.2 Å². The number of hydrogen-bond acceptors (Lipinski definition) is 10. The van der Waals surface area contributed by atoms with E-state index in [4.69, 9.17) is 9.47 Å². The van der Waals surface area contributed by atoms with Crippen molar-refractivity contribution in [2.24, 2.45) is 5.92 Å². The second-order valence-electron chi connectivity index (χ2n) is 8.33. The van der Waals surface area contributed by atoms with Gasteiger partial charge in [0.25, 0.3) is 10.0 Å². The molecule has 3 rings (SSSR count). The van der Waals surface area contributed by atoms with Crippen LogP contribution in [0.4, 0.5) is 10.6 Å². The first-order valence-corrected chi connectivity index (χ1v) is 13.0. The molecule has 0 aliphatic heterocycles. The fourth-order valence-corrected chi connectivity index (χ4v) is 4.75. The highest BCUT2D eigenvalue weighted by molar-refractivity contribution is 7.93. The van der Waals surface area contributed by atoms with Gasteiger partial charge in [0.05, 0.1) is 26.0 Å². The minimum Gasteiger partial charge on any atom is -0.466 e. The van der Waals surface area contributed by atoms with E-state index in [0.717, 1.165) is 0 Å². The molecule has 0 aliphatic rings. The van der Waals surface area contributed by atoms with Gasteiger partial charge in [-0.3, -0.25) is 9.97 Å². The number of esters is 1. The highest BCUT2D eigenvalue weighted by Gasteiger charge is 2.37. The fourth-order valence-electron chi connectivity index (χ4n) is 3.26. The molecule has 0 saturated carbocycles. The molecule has 0 fully saturated rings. The van der Waals surface area contributed by atoms with Crippen LogP contribution in [0.1, 0.15) is 25.1 Å². The Morgan fingerprint density at radius 1 is 1.00 bits per heavy atom. The maximum Gasteiger partial charge on any atom is 0.430 e. The van der Waals surface area contributed by atoms with E-state index in [1.165, 1.54) is 51.0 Å². The number of hydrogen-bond donors (Lipinski definition) is 0. The average Bonchev–Trinajstić information content (AvgIpc) is 2.92. The van der Waals surface area contributed by atoms with E-state index >= 15 is 0 Å². The predicted octanol–water partition coefficient (Wildman–Crippen LogP) is 3.86. The second kappa shape index (κ2) is 12.9. The molecule has 0 radical (unpaired) electrons. The van der Waals surface area contributed by atoms with E-state index in [1.54, 1.807) is 30.3 Å². The summed E-state index contributed by atoms with van der Waals surface area (Å²) in [7, 11) is -1.90. The van der Waals surface area contributed by atoms with Crippen molar-refractivity contribution in [1.29, 1.82) is 0 Å². The average molecular weight is 541 g/mol. The van der Waals surface area contributed by atoms with Gasteiger partial charge in [0.1, 0.15) is 10.6 Å². The number of amides is 1. The van der Waals surface area contributed by atoms with E-state index in [-0.39, 0.29) is 41.2 Å². The van der Waals surface area contributed by atoms with Crippen LogP contribution in [0.5, 0.6) is 0 Å². The van der Waals surface area contributed by atoms with Gasteiger partial charge in [-0.1, -0.05) is 38.1 Å². The summed E-state index contributed by atoms with van der Waals surface area (Å²) in [5.41, 5.74) is 1.38. The lowest BCUT2D eigenvalue weighted by atomic mass is 10.1. The van der Waals surface area contributed by atoms with Crippen molar-refractivity contribution in [2.45, 2.75) is 25.3 Å². The first kappa shape index (κ1) is 28.4.